The molecule has 0 amide bonds. The second-order valence-corrected chi connectivity index (χ2v) is 7.71. The molecule has 5 heteroatoms. The summed E-state index contributed by atoms with van der Waals surface area (Å²) < 4.78 is 5.70. The summed E-state index contributed by atoms with van der Waals surface area (Å²) in [5.74, 6) is 0.832. The summed E-state index contributed by atoms with van der Waals surface area (Å²) in [6.07, 6.45) is 11.4. The van der Waals surface area contributed by atoms with Crippen LogP contribution in [0, 0.1) is 0 Å². The van der Waals surface area contributed by atoms with Gasteiger partial charge < -0.3 is 20.1 Å². The van der Waals surface area contributed by atoms with Gasteiger partial charge in [0.1, 0.15) is 11.9 Å². The third kappa shape index (κ3) is 5.16. The van der Waals surface area contributed by atoms with Gasteiger partial charge in [-0.1, -0.05) is 45.1 Å². The van der Waals surface area contributed by atoms with E-state index in [1.807, 2.05) is 18.3 Å². The van der Waals surface area contributed by atoms with Crippen LogP contribution >= 0.6 is 0 Å². The monoisotopic (exact) mass is 347 g/mol. The van der Waals surface area contributed by atoms with E-state index in [1.54, 1.807) is 0 Å². The van der Waals surface area contributed by atoms with Crippen molar-refractivity contribution in [3.63, 3.8) is 0 Å². The van der Waals surface area contributed by atoms with Gasteiger partial charge in [0.2, 0.25) is 0 Å². The number of unbranched alkanes of at least 4 members (excludes halogenated alkanes) is 4. The largest absolute Gasteiger partial charge is 0.385 e. The second kappa shape index (κ2) is 8.47. The van der Waals surface area contributed by atoms with Gasteiger partial charge in [0.05, 0.1) is 5.60 Å². The van der Waals surface area contributed by atoms with Gasteiger partial charge in [0.15, 0.2) is 6.23 Å². The van der Waals surface area contributed by atoms with E-state index in [9.17, 15) is 5.11 Å². The Morgan fingerprint density at radius 1 is 1.24 bits per heavy atom. The van der Waals surface area contributed by atoms with Crippen LogP contribution in [0.2, 0.25) is 0 Å². The van der Waals surface area contributed by atoms with Crippen molar-refractivity contribution >= 4 is 5.82 Å². The zero-order valence-electron chi connectivity index (χ0n) is 15.7. The van der Waals surface area contributed by atoms with Crippen LogP contribution in [0.4, 0.5) is 5.82 Å². The summed E-state index contributed by atoms with van der Waals surface area (Å²) in [5.41, 5.74) is 0.199. The number of epoxide rings is 1. The van der Waals surface area contributed by atoms with Crippen molar-refractivity contribution in [3.8, 4) is 0 Å². The number of nitrogens with one attached hydrogen (secondary N) is 1. The summed E-state index contributed by atoms with van der Waals surface area (Å²) >= 11 is 0. The first-order valence-electron chi connectivity index (χ1n) is 9.90. The zero-order chi connectivity index (χ0) is 17.7. The maximum atomic E-state index is 10.8. The molecule has 3 heterocycles. The molecule has 0 spiro atoms. The Morgan fingerprint density at radius 3 is 2.68 bits per heavy atom. The molecule has 140 valence electrons. The number of rotatable bonds is 9. The van der Waals surface area contributed by atoms with Crippen LogP contribution in [0.3, 0.4) is 0 Å². The average Bonchev–Trinajstić information content (AvgIpc) is 3.36. The molecule has 2 saturated heterocycles. The molecule has 0 radical (unpaired) electrons. The topological polar surface area (TPSA) is 60.9 Å². The Kier molecular flexibility index (Phi) is 6.31. The highest BCUT2D eigenvalue weighted by atomic mass is 16.6. The number of nitrogens with zero attached hydrogens (tertiary/aromatic N) is 2. The van der Waals surface area contributed by atoms with Gasteiger partial charge in [-0.2, -0.15) is 0 Å². The lowest BCUT2D eigenvalue weighted by Crippen LogP contribution is -2.40. The molecular weight excluding hydrogens is 314 g/mol. The van der Waals surface area contributed by atoms with Crippen LogP contribution < -0.4 is 5.32 Å². The van der Waals surface area contributed by atoms with Gasteiger partial charge in [-0.25, -0.2) is 4.98 Å². The van der Waals surface area contributed by atoms with Crippen molar-refractivity contribution in [3.05, 3.63) is 23.9 Å². The number of anilines is 1. The molecule has 0 aliphatic carbocycles. The third-order valence-corrected chi connectivity index (χ3v) is 5.58. The van der Waals surface area contributed by atoms with E-state index in [4.69, 9.17) is 4.74 Å². The van der Waals surface area contributed by atoms with Crippen LogP contribution in [-0.4, -0.2) is 47.5 Å². The molecule has 1 aromatic heterocycles. The highest BCUT2D eigenvalue weighted by molar-refractivity contribution is 5.38. The molecule has 0 aromatic carbocycles. The number of aliphatic hydroxyl groups is 1. The Balaban J connectivity index is 1.41. The first-order valence-corrected chi connectivity index (χ1v) is 9.90. The van der Waals surface area contributed by atoms with Gasteiger partial charge in [-0.3, -0.25) is 0 Å². The SMILES string of the molecule is CCCCCCCC1OC1Nc1ccc(C2(O)CCN(C)CC2)cn1. The van der Waals surface area contributed by atoms with E-state index in [0.717, 1.165) is 43.7 Å². The molecule has 1 aromatic rings. The van der Waals surface area contributed by atoms with E-state index in [2.05, 4.69) is 29.2 Å². The zero-order valence-corrected chi connectivity index (χ0v) is 15.7. The predicted octanol–water partition coefficient (Wildman–Crippen LogP) is 3.49. The molecule has 3 rings (SSSR count). The van der Waals surface area contributed by atoms with Gasteiger partial charge in [0, 0.05) is 24.8 Å². The van der Waals surface area contributed by atoms with Crippen LogP contribution in [0.25, 0.3) is 0 Å². The first kappa shape index (κ1) is 18.6. The quantitative estimate of drug-likeness (QED) is 0.529. The molecule has 2 atom stereocenters. The average molecular weight is 348 g/mol. The van der Waals surface area contributed by atoms with E-state index in [-0.39, 0.29) is 6.23 Å². The lowest BCUT2D eigenvalue weighted by Gasteiger charge is -2.36. The lowest BCUT2D eigenvalue weighted by molar-refractivity contribution is -0.0205. The molecule has 2 aliphatic rings. The summed E-state index contributed by atoms with van der Waals surface area (Å²) in [4.78, 5) is 6.74. The Bertz CT molecular complexity index is 526. The minimum absolute atomic E-state index is 0.107. The maximum Gasteiger partial charge on any atom is 0.156 e. The molecule has 2 aliphatic heterocycles. The number of hydrogen-bond acceptors (Lipinski definition) is 5. The molecule has 0 bridgehead atoms. The third-order valence-electron chi connectivity index (χ3n) is 5.58. The number of likely N-dealkylation sites (tertiary alicyclic amines) is 1. The van der Waals surface area contributed by atoms with Gasteiger partial charge >= 0.3 is 0 Å². The standard InChI is InChI=1S/C20H33N3O2/c1-3-4-5-6-7-8-17-19(25-17)22-18-10-9-16(15-21-18)20(24)11-13-23(2)14-12-20/h9-10,15,17,19,24H,3-8,11-14H2,1-2H3,(H,21,22). The van der Waals surface area contributed by atoms with Crippen molar-refractivity contribution in [2.75, 3.05) is 25.5 Å². The fraction of sp³-hybridized carbons (Fsp3) is 0.750. The van der Waals surface area contributed by atoms with E-state index >= 15 is 0 Å². The highest BCUT2D eigenvalue weighted by Crippen LogP contribution is 2.33. The molecule has 25 heavy (non-hydrogen) atoms. The minimum Gasteiger partial charge on any atom is -0.385 e. The number of piperidine rings is 1. The van der Waals surface area contributed by atoms with Crippen LogP contribution in [0.5, 0.6) is 0 Å². The van der Waals surface area contributed by atoms with Crippen molar-refractivity contribution in [1.29, 1.82) is 0 Å². The highest BCUT2D eigenvalue weighted by Gasteiger charge is 2.38. The molecule has 2 unspecified atom stereocenters. The van der Waals surface area contributed by atoms with Crippen LogP contribution in [-0.2, 0) is 10.3 Å². The van der Waals surface area contributed by atoms with E-state index < -0.39 is 5.60 Å². The Labute approximate surface area is 151 Å². The summed E-state index contributed by atoms with van der Waals surface area (Å²) in [7, 11) is 2.10. The van der Waals surface area contributed by atoms with Crippen LogP contribution in [0.15, 0.2) is 18.3 Å². The molecule has 2 fully saturated rings. The predicted molar refractivity (Wildman–Crippen MR) is 101 cm³/mol. The number of ether oxygens (including phenoxy) is 1. The minimum atomic E-state index is -0.727. The Hall–Kier alpha value is -1.17. The molecular formula is C20H33N3O2. The second-order valence-electron chi connectivity index (χ2n) is 7.71. The maximum absolute atomic E-state index is 10.8. The first-order chi connectivity index (χ1) is 12.1. The fourth-order valence-corrected chi connectivity index (χ4v) is 3.62. The van der Waals surface area contributed by atoms with Crippen molar-refractivity contribution in [2.45, 2.75) is 76.2 Å². The number of pyridine rings is 1. The summed E-state index contributed by atoms with van der Waals surface area (Å²) in [6.45, 7) is 4.09. The van der Waals surface area contributed by atoms with Crippen molar-refractivity contribution in [1.82, 2.24) is 9.88 Å². The normalized spacial score (nSPS) is 25.7. The summed E-state index contributed by atoms with van der Waals surface area (Å²) in [6, 6.07) is 3.97. The van der Waals surface area contributed by atoms with Crippen molar-refractivity contribution in [2.24, 2.45) is 0 Å². The fourth-order valence-electron chi connectivity index (χ4n) is 3.62. The van der Waals surface area contributed by atoms with Gasteiger partial charge in [-0.05, 0) is 32.4 Å². The van der Waals surface area contributed by atoms with Gasteiger partial charge in [-0.15, -0.1) is 0 Å². The number of aromatic nitrogens is 1. The smallest absolute Gasteiger partial charge is 0.156 e. The molecule has 2 N–H and O–H groups in total. The summed E-state index contributed by atoms with van der Waals surface area (Å²) in [5, 5.41) is 14.2. The lowest BCUT2D eigenvalue weighted by atomic mass is 9.85. The van der Waals surface area contributed by atoms with Gasteiger partial charge in [0.25, 0.3) is 0 Å². The van der Waals surface area contributed by atoms with Crippen LogP contribution in [0.1, 0.15) is 63.9 Å². The van der Waals surface area contributed by atoms with E-state index in [1.165, 1.54) is 32.1 Å². The molecule has 0 saturated carbocycles. The number of hydrogen-bond donors (Lipinski definition) is 2. The molecule has 5 nitrogen and oxygen atoms in total. The Morgan fingerprint density at radius 2 is 2.00 bits per heavy atom. The van der Waals surface area contributed by atoms with Crippen molar-refractivity contribution < 1.29 is 9.84 Å². The van der Waals surface area contributed by atoms with E-state index in [0.29, 0.717) is 6.10 Å².